The number of fused-ring (bicyclic) bond motifs is 5. The molecule has 0 amide bonds. The first-order chi connectivity index (χ1) is 11.4. The summed E-state index contributed by atoms with van der Waals surface area (Å²) in [5, 5.41) is 19.3. The van der Waals surface area contributed by atoms with Crippen molar-refractivity contribution in [1.82, 2.24) is 0 Å². The number of hydrogen-bond donors (Lipinski definition) is 2. The molecule has 0 aromatic heterocycles. The van der Waals surface area contributed by atoms with Crippen LogP contribution in [0.4, 0.5) is 4.39 Å². The van der Waals surface area contributed by atoms with Gasteiger partial charge in [-0.1, -0.05) is 37.6 Å². The van der Waals surface area contributed by atoms with Gasteiger partial charge in [-0.2, -0.15) is 0 Å². The Kier molecular flexibility index (Phi) is 3.81. The molecule has 0 bridgehead atoms. The highest BCUT2D eigenvalue weighted by Gasteiger charge is 2.56. The predicted molar refractivity (Wildman–Crippen MR) is 92.8 cm³/mol. The first-order valence-electron chi connectivity index (χ1n) is 9.46. The molecule has 0 spiro atoms. The Morgan fingerprint density at radius 1 is 1.25 bits per heavy atom. The standard InChI is InChI=1S/C21H29FO2/c1-20-9-7-14(24)11-13(20)3-4-15-16-5-6-18(19(22)12-23)21(16,2)10-8-17(15)20/h3,5-6,14-17,23-24H,4,7-12H2,1-2H3/t14?,15-,16-,17-,20-,21-/m0/s1. The smallest absolute Gasteiger partial charge is 0.129 e. The van der Waals surface area contributed by atoms with E-state index >= 15 is 0 Å². The predicted octanol–water partition coefficient (Wildman–Crippen LogP) is 4.30. The van der Waals surface area contributed by atoms with Gasteiger partial charge in [0.15, 0.2) is 0 Å². The summed E-state index contributed by atoms with van der Waals surface area (Å²) >= 11 is 0. The Bertz CT molecular complexity index is 634. The first-order valence-corrected chi connectivity index (χ1v) is 9.46. The third-order valence-electron chi connectivity index (χ3n) is 7.85. The quantitative estimate of drug-likeness (QED) is 0.703. The summed E-state index contributed by atoms with van der Waals surface area (Å²) in [5.74, 6) is 1.19. The molecule has 2 saturated carbocycles. The van der Waals surface area contributed by atoms with Crippen molar-refractivity contribution in [2.45, 2.75) is 58.5 Å². The molecule has 3 heteroatoms. The fraction of sp³-hybridized carbons (Fsp3) is 0.714. The van der Waals surface area contributed by atoms with Gasteiger partial charge >= 0.3 is 0 Å². The van der Waals surface area contributed by atoms with Crippen LogP contribution in [0.5, 0.6) is 0 Å². The van der Waals surface area contributed by atoms with Crippen LogP contribution in [0.2, 0.25) is 0 Å². The van der Waals surface area contributed by atoms with Crippen LogP contribution in [-0.2, 0) is 0 Å². The lowest BCUT2D eigenvalue weighted by molar-refractivity contribution is -0.0161. The zero-order valence-electron chi connectivity index (χ0n) is 14.8. The van der Waals surface area contributed by atoms with Crippen molar-refractivity contribution >= 4 is 0 Å². The van der Waals surface area contributed by atoms with Gasteiger partial charge in [-0.15, -0.1) is 0 Å². The molecule has 6 atom stereocenters. The third kappa shape index (κ3) is 2.13. The maximum atomic E-state index is 14.2. The molecule has 1 unspecified atom stereocenters. The molecule has 24 heavy (non-hydrogen) atoms. The van der Waals surface area contributed by atoms with Gasteiger partial charge in [-0.25, -0.2) is 4.39 Å². The zero-order chi connectivity index (χ0) is 17.1. The van der Waals surface area contributed by atoms with E-state index in [1.165, 1.54) is 5.57 Å². The topological polar surface area (TPSA) is 40.5 Å². The molecule has 0 aromatic rings. The van der Waals surface area contributed by atoms with Gasteiger partial charge in [0.25, 0.3) is 0 Å². The fourth-order valence-electron chi connectivity index (χ4n) is 6.44. The summed E-state index contributed by atoms with van der Waals surface area (Å²) in [6, 6.07) is 0. The van der Waals surface area contributed by atoms with Crippen LogP contribution in [0, 0.1) is 28.6 Å². The van der Waals surface area contributed by atoms with Crippen molar-refractivity contribution < 1.29 is 14.6 Å². The van der Waals surface area contributed by atoms with Gasteiger partial charge in [-0.05, 0) is 67.3 Å². The van der Waals surface area contributed by atoms with E-state index in [1.807, 2.05) is 6.08 Å². The van der Waals surface area contributed by atoms with E-state index in [-0.39, 0.29) is 22.8 Å². The van der Waals surface area contributed by atoms with Crippen molar-refractivity contribution in [2.75, 3.05) is 6.61 Å². The third-order valence-corrected chi connectivity index (χ3v) is 7.85. The van der Waals surface area contributed by atoms with Gasteiger partial charge < -0.3 is 10.2 Å². The highest BCUT2D eigenvalue weighted by atomic mass is 19.1. The van der Waals surface area contributed by atoms with E-state index in [0.717, 1.165) is 44.1 Å². The van der Waals surface area contributed by atoms with Crippen molar-refractivity contribution in [2.24, 2.45) is 28.6 Å². The molecule has 4 rings (SSSR count). The van der Waals surface area contributed by atoms with Crippen molar-refractivity contribution in [1.29, 1.82) is 0 Å². The summed E-state index contributed by atoms with van der Waals surface area (Å²) in [6.45, 7) is 4.09. The lowest BCUT2D eigenvalue weighted by atomic mass is 9.47. The second-order valence-electron chi connectivity index (χ2n) is 8.87. The number of hydrogen-bond acceptors (Lipinski definition) is 2. The summed E-state index contributed by atoms with van der Waals surface area (Å²) in [6.07, 6.45) is 12.3. The van der Waals surface area contributed by atoms with Crippen LogP contribution >= 0.6 is 0 Å². The molecule has 2 nitrogen and oxygen atoms in total. The highest BCUT2D eigenvalue weighted by Crippen LogP contribution is 2.64. The van der Waals surface area contributed by atoms with Crippen LogP contribution in [0.25, 0.3) is 0 Å². The Balaban J connectivity index is 1.69. The number of rotatable bonds is 1. The maximum Gasteiger partial charge on any atom is 0.129 e. The second-order valence-corrected chi connectivity index (χ2v) is 8.87. The molecule has 4 aliphatic carbocycles. The average Bonchev–Trinajstić information content (AvgIpc) is 2.92. The minimum absolute atomic E-state index is 0.163. The van der Waals surface area contributed by atoms with E-state index < -0.39 is 6.61 Å². The Labute approximate surface area is 144 Å². The summed E-state index contributed by atoms with van der Waals surface area (Å²) < 4.78 is 14.2. The summed E-state index contributed by atoms with van der Waals surface area (Å²) in [4.78, 5) is 0. The van der Waals surface area contributed by atoms with E-state index in [4.69, 9.17) is 0 Å². The van der Waals surface area contributed by atoms with Crippen LogP contribution in [0.15, 0.2) is 35.2 Å². The van der Waals surface area contributed by atoms with Gasteiger partial charge in [0.2, 0.25) is 0 Å². The Morgan fingerprint density at radius 2 is 2.00 bits per heavy atom. The molecular weight excluding hydrogens is 303 g/mol. The number of halogens is 1. The van der Waals surface area contributed by atoms with E-state index in [1.54, 1.807) is 0 Å². The average molecular weight is 332 g/mol. The molecule has 0 aliphatic heterocycles. The largest absolute Gasteiger partial charge is 0.393 e. The SMILES string of the molecule is C[C@]12CCC(O)CC1=CC[C@@H]1[C@@H]2CC[C@]2(C)C(=C(F)CO)C=C[C@@H]12. The van der Waals surface area contributed by atoms with Gasteiger partial charge in [0.05, 0.1) is 12.7 Å². The molecule has 0 aromatic carbocycles. The molecular formula is C21H29FO2. The summed E-state index contributed by atoms with van der Waals surface area (Å²) in [5.41, 5.74) is 2.24. The number of aliphatic hydroxyl groups excluding tert-OH is 2. The highest BCUT2D eigenvalue weighted by molar-refractivity contribution is 5.40. The van der Waals surface area contributed by atoms with Crippen LogP contribution in [-0.4, -0.2) is 22.9 Å². The number of allylic oxidation sites excluding steroid dienone is 4. The van der Waals surface area contributed by atoms with Gasteiger partial charge in [0.1, 0.15) is 5.83 Å². The molecule has 0 radical (unpaired) electrons. The Hall–Kier alpha value is -0.930. The maximum absolute atomic E-state index is 14.2. The van der Waals surface area contributed by atoms with Crippen molar-refractivity contribution in [3.63, 3.8) is 0 Å². The molecule has 0 heterocycles. The van der Waals surface area contributed by atoms with Crippen LogP contribution < -0.4 is 0 Å². The molecule has 132 valence electrons. The van der Waals surface area contributed by atoms with Gasteiger partial charge in [-0.3, -0.25) is 0 Å². The molecule has 2 N–H and O–H groups in total. The van der Waals surface area contributed by atoms with Gasteiger partial charge in [0, 0.05) is 5.41 Å². The van der Waals surface area contributed by atoms with E-state index in [2.05, 4.69) is 26.0 Å². The Morgan fingerprint density at radius 3 is 2.75 bits per heavy atom. The minimum Gasteiger partial charge on any atom is -0.393 e. The monoisotopic (exact) mass is 332 g/mol. The zero-order valence-corrected chi connectivity index (χ0v) is 14.8. The van der Waals surface area contributed by atoms with Crippen molar-refractivity contribution in [3.8, 4) is 0 Å². The lowest BCUT2D eigenvalue weighted by Crippen LogP contribution is -2.49. The lowest BCUT2D eigenvalue weighted by Gasteiger charge is -2.57. The minimum atomic E-state index is -0.490. The van der Waals surface area contributed by atoms with Crippen LogP contribution in [0.1, 0.15) is 52.4 Å². The normalized spacial score (nSPS) is 49.1. The van der Waals surface area contributed by atoms with Crippen molar-refractivity contribution in [3.05, 3.63) is 35.2 Å². The first kappa shape index (κ1) is 16.5. The molecule has 2 fully saturated rings. The second kappa shape index (κ2) is 5.54. The molecule has 4 aliphatic rings. The van der Waals surface area contributed by atoms with E-state index in [9.17, 15) is 14.6 Å². The fourth-order valence-corrected chi connectivity index (χ4v) is 6.44. The number of aliphatic hydroxyl groups is 2. The van der Waals surface area contributed by atoms with E-state index in [0.29, 0.717) is 17.8 Å². The summed E-state index contributed by atoms with van der Waals surface area (Å²) in [7, 11) is 0. The molecule has 0 saturated heterocycles. The van der Waals surface area contributed by atoms with Crippen LogP contribution in [0.3, 0.4) is 0 Å².